The van der Waals surface area contributed by atoms with Crippen LogP contribution in [0.3, 0.4) is 0 Å². The fourth-order valence-electron chi connectivity index (χ4n) is 2.79. The van der Waals surface area contributed by atoms with E-state index in [4.69, 9.17) is 4.74 Å². The second-order valence-corrected chi connectivity index (χ2v) is 6.20. The van der Waals surface area contributed by atoms with Gasteiger partial charge in [-0.2, -0.15) is 0 Å². The van der Waals surface area contributed by atoms with Crippen LogP contribution in [0.2, 0.25) is 0 Å². The molecule has 1 N–H and O–H groups in total. The highest BCUT2D eigenvalue weighted by Gasteiger charge is 2.26. The van der Waals surface area contributed by atoms with Gasteiger partial charge in [-0.3, -0.25) is 0 Å². The van der Waals surface area contributed by atoms with Gasteiger partial charge >= 0.3 is 0 Å². The van der Waals surface area contributed by atoms with Gasteiger partial charge in [0.15, 0.2) is 0 Å². The first-order chi connectivity index (χ1) is 10.3. The molecule has 1 aromatic carbocycles. The van der Waals surface area contributed by atoms with Gasteiger partial charge in [0.25, 0.3) is 0 Å². The predicted octanol–water partition coefficient (Wildman–Crippen LogP) is 3.61. The molecule has 0 saturated heterocycles. The van der Waals surface area contributed by atoms with Gasteiger partial charge in [-0.05, 0) is 43.5 Å². The molecule has 3 nitrogen and oxygen atoms in total. The third-order valence-corrected chi connectivity index (χ3v) is 4.88. The smallest absolute Gasteiger partial charge is 0.123 e. The molecule has 3 rings (SSSR count). The Balaban J connectivity index is 1.61. The van der Waals surface area contributed by atoms with E-state index in [0.717, 1.165) is 35.7 Å². The third kappa shape index (κ3) is 3.48. The molecule has 2 atom stereocenters. The Bertz CT molecular complexity index is 584. The van der Waals surface area contributed by atoms with Crippen molar-refractivity contribution in [1.29, 1.82) is 0 Å². The van der Waals surface area contributed by atoms with Crippen LogP contribution in [0.1, 0.15) is 25.0 Å². The van der Waals surface area contributed by atoms with E-state index in [0.29, 0.717) is 12.1 Å². The van der Waals surface area contributed by atoms with Crippen molar-refractivity contribution >= 4 is 11.3 Å². The molecule has 5 heteroatoms. The summed E-state index contributed by atoms with van der Waals surface area (Å²) in [5.41, 5.74) is 1.99. The average molecular weight is 306 g/mol. The van der Waals surface area contributed by atoms with Crippen molar-refractivity contribution in [2.45, 2.75) is 38.0 Å². The first-order valence-corrected chi connectivity index (χ1v) is 8.11. The number of methoxy groups -OCH3 is 1. The summed E-state index contributed by atoms with van der Waals surface area (Å²) in [5.74, 6) is -0.218. The van der Waals surface area contributed by atoms with E-state index >= 15 is 0 Å². The van der Waals surface area contributed by atoms with Gasteiger partial charge in [-0.25, -0.2) is 9.37 Å². The highest BCUT2D eigenvalue weighted by Crippen LogP contribution is 2.25. The van der Waals surface area contributed by atoms with Gasteiger partial charge in [-0.15, -0.1) is 11.3 Å². The van der Waals surface area contributed by atoms with Crippen LogP contribution in [0.15, 0.2) is 29.6 Å². The van der Waals surface area contributed by atoms with Crippen LogP contribution in [0, 0.1) is 5.82 Å². The van der Waals surface area contributed by atoms with E-state index in [-0.39, 0.29) is 5.82 Å². The molecular weight excluding hydrogens is 287 g/mol. The summed E-state index contributed by atoms with van der Waals surface area (Å²) in [6, 6.07) is 6.89. The van der Waals surface area contributed by atoms with E-state index in [1.807, 2.05) is 0 Å². The van der Waals surface area contributed by atoms with Gasteiger partial charge in [0.1, 0.15) is 10.8 Å². The van der Waals surface area contributed by atoms with Crippen LogP contribution >= 0.6 is 11.3 Å². The SMILES string of the molecule is COC1CCCC1NCc1csc(-c2ccc(F)cc2)n1. The van der Waals surface area contributed by atoms with Crippen LogP contribution in [0.25, 0.3) is 10.6 Å². The number of aromatic nitrogens is 1. The van der Waals surface area contributed by atoms with Gasteiger partial charge < -0.3 is 10.1 Å². The van der Waals surface area contributed by atoms with E-state index in [1.165, 1.54) is 18.6 Å². The monoisotopic (exact) mass is 306 g/mol. The lowest BCUT2D eigenvalue weighted by Gasteiger charge is -2.18. The van der Waals surface area contributed by atoms with Crippen molar-refractivity contribution < 1.29 is 9.13 Å². The minimum atomic E-state index is -0.218. The molecule has 1 aliphatic carbocycles. The Morgan fingerprint density at radius 3 is 2.90 bits per heavy atom. The Morgan fingerprint density at radius 1 is 1.33 bits per heavy atom. The van der Waals surface area contributed by atoms with Crippen molar-refractivity contribution in [1.82, 2.24) is 10.3 Å². The van der Waals surface area contributed by atoms with Gasteiger partial charge in [0.2, 0.25) is 0 Å². The van der Waals surface area contributed by atoms with Gasteiger partial charge in [-0.1, -0.05) is 0 Å². The zero-order valence-electron chi connectivity index (χ0n) is 12.0. The molecule has 0 bridgehead atoms. The third-order valence-electron chi connectivity index (χ3n) is 3.94. The maximum Gasteiger partial charge on any atom is 0.123 e. The molecule has 112 valence electrons. The van der Waals surface area contributed by atoms with Crippen molar-refractivity contribution in [3.8, 4) is 10.6 Å². The van der Waals surface area contributed by atoms with Crippen molar-refractivity contribution in [2.75, 3.05) is 7.11 Å². The highest BCUT2D eigenvalue weighted by atomic mass is 32.1. The molecule has 2 unspecified atom stereocenters. The molecule has 1 saturated carbocycles. The highest BCUT2D eigenvalue weighted by molar-refractivity contribution is 7.13. The average Bonchev–Trinajstić information content (AvgIpc) is 3.14. The van der Waals surface area contributed by atoms with Crippen molar-refractivity contribution in [3.05, 3.63) is 41.2 Å². The molecule has 0 radical (unpaired) electrons. The molecular formula is C16H19FN2OS. The molecule has 1 fully saturated rings. The number of thiazole rings is 1. The number of nitrogens with one attached hydrogen (secondary N) is 1. The Kier molecular flexibility index (Phi) is 4.63. The van der Waals surface area contributed by atoms with E-state index in [1.54, 1.807) is 30.6 Å². The summed E-state index contributed by atoms with van der Waals surface area (Å²) in [7, 11) is 1.78. The molecule has 2 aromatic rings. The largest absolute Gasteiger partial charge is 0.380 e. The number of ether oxygens (including phenoxy) is 1. The predicted molar refractivity (Wildman–Crippen MR) is 82.8 cm³/mol. The lowest BCUT2D eigenvalue weighted by molar-refractivity contribution is 0.0846. The summed E-state index contributed by atoms with van der Waals surface area (Å²) in [6.07, 6.45) is 3.83. The van der Waals surface area contributed by atoms with Gasteiger partial charge in [0.05, 0.1) is 11.8 Å². The van der Waals surface area contributed by atoms with E-state index in [9.17, 15) is 4.39 Å². The summed E-state index contributed by atoms with van der Waals surface area (Å²) in [4.78, 5) is 4.61. The van der Waals surface area contributed by atoms with Crippen molar-refractivity contribution in [3.63, 3.8) is 0 Å². The fourth-order valence-corrected chi connectivity index (χ4v) is 3.62. The number of hydrogen-bond donors (Lipinski definition) is 1. The van der Waals surface area contributed by atoms with Crippen molar-refractivity contribution in [2.24, 2.45) is 0 Å². The van der Waals surface area contributed by atoms with Crippen LogP contribution in [0.4, 0.5) is 4.39 Å². The van der Waals surface area contributed by atoms with Crippen LogP contribution in [-0.2, 0) is 11.3 Å². The quantitative estimate of drug-likeness (QED) is 0.916. The Labute approximate surface area is 128 Å². The zero-order valence-corrected chi connectivity index (χ0v) is 12.8. The molecule has 0 aliphatic heterocycles. The maximum absolute atomic E-state index is 12.9. The molecule has 1 aliphatic rings. The zero-order chi connectivity index (χ0) is 14.7. The minimum Gasteiger partial charge on any atom is -0.380 e. The Hall–Kier alpha value is -1.30. The van der Waals surface area contributed by atoms with Crippen LogP contribution < -0.4 is 5.32 Å². The van der Waals surface area contributed by atoms with Gasteiger partial charge in [0, 0.05) is 30.6 Å². The molecule has 0 spiro atoms. The first kappa shape index (κ1) is 14.6. The number of halogens is 1. The standard InChI is InChI=1S/C16H19FN2OS/c1-20-15-4-2-3-14(15)18-9-13-10-21-16(19-13)11-5-7-12(17)8-6-11/h5-8,10,14-15,18H,2-4,9H2,1H3. The van der Waals surface area contributed by atoms with Crippen LogP contribution in [0.5, 0.6) is 0 Å². The maximum atomic E-state index is 12.9. The number of hydrogen-bond acceptors (Lipinski definition) is 4. The topological polar surface area (TPSA) is 34.1 Å². The van der Waals surface area contributed by atoms with E-state index in [2.05, 4.69) is 15.7 Å². The lowest BCUT2D eigenvalue weighted by atomic mass is 10.2. The first-order valence-electron chi connectivity index (χ1n) is 7.23. The second kappa shape index (κ2) is 6.64. The number of nitrogens with zero attached hydrogens (tertiary/aromatic N) is 1. The fraction of sp³-hybridized carbons (Fsp3) is 0.438. The molecule has 21 heavy (non-hydrogen) atoms. The molecule has 1 aromatic heterocycles. The number of benzene rings is 1. The minimum absolute atomic E-state index is 0.218. The summed E-state index contributed by atoms with van der Waals surface area (Å²) in [5, 5.41) is 6.52. The van der Waals surface area contributed by atoms with E-state index < -0.39 is 0 Å². The number of rotatable bonds is 5. The molecule has 0 amide bonds. The Morgan fingerprint density at radius 2 is 2.14 bits per heavy atom. The normalized spacial score (nSPS) is 21.8. The molecule has 1 heterocycles. The lowest BCUT2D eigenvalue weighted by Crippen LogP contribution is -2.36. The van der Waals surface area contributed by atoms with Crippen LogP contribution in [-0.4, -0.2) is 24.2 Å². The summed E-state index contributed by atoms with van der Waals surface area (Å²) < 4.78 is 18.4. The second-order valence-electron chi connectivity index (χ2n) is 5.34. The summed E-state index contributed by atoms with van der Waals surface area (Å²) in [6.45, 7) is 0.752. The summed E-state index contributed by atoms with van der Waals surface area (Å²) >= 11 is 1.59.